The molecule has 1 aliphatic heterocycles. The maximum absolute atomic E-state index is 13.0. The predicted octanol–water partition coefficient (Wildman–Crippen LogP) is 3.09. The summed E-state index contributed by atoms with van der Waals surface area (Å²) in [5, 5.41) is 2.87. The van der Waals surface area contributed by atoms with Crippen LogP contribution in [-0.4, -0.2) is 35.1 Å². The molecular weight excluding hydrogens is 390 g/mol. The van der Waals surface area contributed by atoms with Crippen LogP contribution in [0.4, 0.5) is 11.4 Å². The molecule has 3 heterocycles. The minimum Gasteiger partial charge on any atom is -0.322 e. The summed E-state index contributed by atoms with van der Waals surface area (Å²) in [4.78, 5) is 22.4. The molecule has 0 fully saturated rings. The van der Waals surface area contributed by atoms with Gasteiger partial charge in [-0.1, -0.05) is 6.42 Å². The van der Waals surface area contributed by atoms with E-state index in [-0.39, 0.29) is 5.91 Å². The fourth-order valence-electron chi connectivity index (χ4n) is 3.62. The van der Waals surface area contributed by atoms with Crippen LogP contribution < -0.4 is 10.0 Å². The van der Waals surface area contributed by atoms with Gasteiger partial charge in [0.15, 0.2) is 5.65 Å². The summed E-state index contributed by atoms with van der Waals surface area (Å²) < 4.78 is 27.2. The summed E-state index contributed by atoms with van der Waals surface area (Å²) >= 11 is 0. The van der Waals surface area contributed by atoms with Crippen LogP contribution in [0, 0.1) is 6.92 Å². The average Bonchev–Trinajstić information content (AvgIpc) is 2.83. The van der Waals surface area contributed by atoms with Crippen molar-refractivity contribution < 1.29 is 13.2 Å². The molecular formula is C20H23N5O3S. The number of carbonyl (C=O) groups is 1. The smallest absolute Gasteiger partial charge is 0.258 e. The number of amides is 1. The Morgan fingerprint density at radius 1 is 1.07 bits per heavy atom. The lowest BCUT2D eigenvalue weighted by molar-refractivity contribution is 0.102. The summed E-state index contributed by atoms with van der Waals surface area (Å²) in [5.74, 6) is 0.721. The van der Waals surface area contributed by atoms with E-state index in [0.717, 1.165) is 49.2 Å². The Hall–Kier alpha value is -2.94. The third-order valence-corrected chi connectivity index (χ3v) is 5.49. The van der Waals surface area contributed by atoms with Gasteiger partial charge in [0.05, 0.1) is 11.8 Å². The van der Waals surface area contributed by atoms with Crippen LogP contribution in [0.1, 0.15) is 41.1 Å². The third kappa shape index (κ3) is 4.24. The Bertz CT molecular complexity index is 1180. The Morgan fingerprint density at radius 3 is 2.52 bits per heavy atom. The predicted molar refractivity (Wildman–Crippen MR) is 113 cm³/mol. The van der Waals surface area contributed by atoms with E-state index in [9.17, 15) is 13.2 Å². The number of hydrogen-bond donors (Lipinski definition) is 2. The van der Waals surface area contributed by atoms with Gasteiger partial charge < -0.3 is 9.88 Å². The molecule has 0 unspecified atom stereocenters. The van der Waals surface area contributed by atoms with Gasteiger partial charge in [-0.3, -0.25) is 9.52 Å². The van der Waals surface area contributed by atoms with E-state index in [1.165, 1.54) is 6.42 Å². The Kier molecular flexibility index (Phi) is 4.99. The molecule has 1 aliphatic rings. The largest absolute Gasteiger partial charge is 0.322 e. The zero-order valence-electron chi connectivity index (χ0n) is 16.4. The van der Waals surface area contributed by atoms with Gasteiger partial charge in [-0.15, -0.1) is 0 Å². The Balaban J connectivity index is 1.63. The third-order valence-electron chi connectivity index (χ3n) is 4.88. The summed E-state index contributed by atoms with van der Waals surface area (Å²) in [6, 6.07) is 8.26. The number of aromatic nitrogens is 3. The van der Waals surface area contributed by atoms with Crippen LogP contribution in [0.15, 0.2) is 30.3 Å². The van der Waals surface area contributed by atoms with Crippen molar-refractivity contribution in [2.75, 3.05) is 16.3 Å². The summed E-state index contributed by atoms with van der Waals surface area (Å²) in [5.41, 5.74) is 3.65. The lowest BCUT2D eigenvalue weighted by Gasteiger charge is -2.09. The molecule has 0 radical (unpaired) electrons. The molecule has 0 spiro atoms. The van der Waals surface area contributed by atoms with Crippen molar-refractivity contribution in [2.45, 2.75) is 39.2 Å². The van der Waals surface area contributed by atoms with Gasteiger partial charge in [0.2, 0.25) is 10.0 Å². The van der Waals surface area contributed by atoms with Crippen molar-refractivity contribution in [1.82, 2.24) is 14.5 Å². The highest BCUT2D eigenvalue weighted by atomic mass is 32.2. The minimum absolute atomic E-state index is 0.266. The molecule has 0 saturated carbocycles. The molecule has 2 aromatic heterocycles. The number of pyridine rings is 1. The molecule has 0 saturated heterocycles. The van der Waals surface area contributed by atoms with Gasteiger partial charge in [0.1, 0.15) is 11.3 Å². The van der Waals surface area contributed by atoms with E-state index in [2.05, 4.69) is 19.6 Å². The van der Waals surface area contributed by atoms with Crippen LogP contribution in [0.3, 0.4) is 0 Å². The second-order valence-corrected chi connectivity index (χ2v) is 9.13. The van der Waals surface area contributed by atoms with Crippen molar-refractivity contribution in [3.05, 3.63) is 47.4 Å². The number of hydrogen-bond acceptors (Lipinski definition) is 5. The standard InChI is InChI=1S/C20H23N5O3S/c1-13-12-16(18-19(21-13)25-11-5-3-4-6-17(25)23-18)20(26)22-14-7-9-15(10-8-14)24-29(2,27)28/h7-10,12,24H,3-6,11H2,1-2H3,(H,22,26). The number of carbonyl (C=O) groups excluding carboxylic acids is 1. The number of aryl methyl sites for hydroxylation is 3. The van der Waals surface area contributed by atoms with E-state index in [4.69, 9.17) is 4.98 Å². The number of benzene rings is 1. The Morgan fingerprint density at radius 2 is 1.79 bits per heavy atom. The van der Waals surface area contributed by atoms with Gasteiger partial charge in [-0.05, 0) is 50.1 Å². The number of anilines is 2. The van der Waals surface area contributed by atoms with Crippen molar-refractivity contribution >= 4 is 38.5 Å². The van der Waals surface area contributed by atoms with E-state index in [1.807, 2.05) is 6.92 Å². The molecule has 2 N–H and O–H groups in total. The van der Waals surface area contributed by atoms with Crippen LogP contribution in [0.2, 0.25) is 0 Å². The first-order chi connectivity index (χ1) is 13.8. The number of nitrogens with zero attached hydrogens (tertiary/aromatic N) is 3. The molecule has 9 heteroatoms. The van der Waals surface area contributed by atoms with E-state index in [1.54, 1.807) is 30.3 Å². The summed E-state index contributed by atoms with van der Waals surface area (Å²) in [6.07, 6.45) is 5.34. The second-order valence-electron chi connectivity index (χ2n) is 7.38. The van der Waals surface area contributed by atoms with Crippen LogP contribution in [0.25, 0.3) is 11.2 Å². The molecule has 4 rings (SSSR count). The van der Waals surface area contributed by atoms with Crippen LogP contribution in [0.5, 0.6) is 0 Å². The highest BCUT2D eigenvalue weighted by Gasteiger charge is 2.21. The van der Waals surface area contributed by atoms with E-state index >= 15 is 0 Å². The van der Waals surface area contributed by atoms with Crippen molar-refractivity contribution in [2.24, 2.45) is 0 Å². The number of sulfonamides is 1. The molecule has 152 valence electrons. The van der Waals surface area contributed by atoms with Gasteiger partial charge in [-0.2, -0.15) is 0 Å². The van der Waals surface area contributed by atoms with Crippen molar-refractivity contribution in [1.29, 1.82) is 0 Å². The Labute approximate surface area is 169 Å². The molecule has 0 atom stereocenters. The van der Waals surface area contributed by atoms with Gasteiger partial charge >= 0.3 is 0 Å². The topological polar surface area (TPSA) is 106 Å². The van der Waals surface area contributed by atoms with Gasteiger partial charge in [-0.25, -0.2) is 18.4 Å². The number of nitrogens with one attached hydrogen (secondary N) is 2. The lowest BCUT2D eigenvalue weighted by Crippen LogP contribution is -2.14. The number of imidazole rings is 1. The summed E-state index contributed by atoms with van der Waals surface area (Å²) in [6.45, 7) is 2.75. The van der Waals surface area contributed by atoms with Crippen LogP contribution in [-0.2, 0) is 23.0 Å². The maximum Gasteiger partial charge on any atom is 0.258 e. The number of fused-ring (bicyclic) bond motifs is 3. The maximum atomic E-state index is 13.0. The lowest BCUT2D eigenvalue weighted by atomic mass is 10.1. The van der Waals surface area contributed by atoms with E-state index in [0.29, 0.717) is 22.5 Å². The molecule has 8 nitrogen and oxygen atoms in total. The zero-order valence-corrected chi connectivity index (χ0v) is 17.2. The second kappa shape index (κ2) is 7.47. The first-order valence-electron chi connectivity index (χ1n) is 9.56. The molecule has 3 aromatic rings. The first-order valence-corrected chi connectivity index (χ1v) is 11.5. The highest BCUT2D eigenvalue weighted by molar-refractivity contribution is 7.92. The quantitative estimate of drug-likeness (QED) is 0.684. The highest BCUT2D eigenvalue weighted by Crippen LogP contribution is 2.25. The molecule has 0 aliphatic carbocycles. The fraction of sp³-hybridized carbons (Fsp3) is 0.350. The number of rotatable bonds is 4. The molecule has 1 aromatic carbocycles. The van der Waals surface area contributed by atoms with Crippen molar-refractivity contribution in [3.63, 3.8) is 0 Å². The van der Waals surface area contributed by atoms with E-state index < -0.39 is 10.0 Å². The van der Waals surface area contributed by atoms with Crippen LogP contribution >= 0.6 is 0 Å². The molecule has 0 bridgehead atoms. The van der Waals surface area contributed by atoms with Crippen molar-refractivity contribution in [3.8, 4) is 0 Å². The monoisotopic (exact) mass is 413 g/mol. The normalized spacial score (nSPS) is 14.3. The van der Waals surface area contributed by atoms with Gasteiger partial charge in [0, 0.05) is 30.0 Å². The minimum atomic E-state index is -3.34. The molecule has 29 heavy (non-hydrogen) atoms. The van der Waals surface area contributed by atoms with Gasteiger partial charge in [0.25, 0.3) is 5.91 Å². The fourth-order valence-corrected chi connectivity index (χ4v) is 4.19. The summed E-state index contributed by atoms with van der Waals surface area (Å²) in [7, 11) is -3.34. The zero-order chi connectivity index (χ0) is 20.6. The average molecular weight is 414 g/mol. The molecule has 1 amide bonds. The SMILES string of the molecule is Cc1cc(C(=O)Nc2ccc(NS(C)(=O)=O)cc2)c2nc3n(c2n1)CCCCC3. The first kappa shape index (κ1) is 19.4.